The van der Waals surface area contributed by atoms with Gasteiger partial charge in [-0.05, 0) is 23.6 Å². The number of anilines is 1. The Kier molecular flexibility index (Phi) is 3.35. The number of aromatic carboxylic acids is 1. The van der Waals surface area contributed by atoms with Gasteiger partial charge in [0.1, 0.15) is 0 Å². The maximum Gasteiger partial charge on any atom is 0.337 e. The third-order valence-corrected chi connectivity index (χ3v) is 2.40. The Labute approximate surface area is 90.3 Å². The minimum atomic E-state index is -0.874. The van der Waals surface area contributed by atoms with Crippen LogP contribution in [0.2, 0.25) is 0 Å². The van der Waals surface area contributed by atoms with Gasteiger partial charge in [-0.2, -0.15) is 0 Å². The van der Waals surface area contributed by atoms with Crippen LogP contribution >= 0.6 is 0 Å². The largest absolute Gasteiger partial charge is 0.478 e. The predicted octanol–water partition coefficient (Wildman–Crippen LogP) is 2.57. The molecule has 82 valence electrons. The van der Waals surface area contributed by atoms with Crippen LogP contribution in [-0.4, -0.2) is 25.2 Å². The van der Waals surface area contributed by atoms with Crippen LogP contribution in [0.25, 0.3) is 0 Å². The summed E-state index contributed by atoms with van der Waals surface area (Å²) in [6.45, 7) is 4.10. The van der Waals surface area contributed by atoms with Crippen molar-refractivity contribution in [3.8, 4) is 0 Å². The molecule has 0 heterocycles. The lowest BCUT2D eigenvalue weighted by Gasteiger charge is -2.17. The lowest BCUT2D eigenvalue weighted by molar-refractivity contribution is 0.0697. The molecule has 0 saturated carbocycles. The fourth-order valence-corrected chi connectivity index (χ4v) is 1.47. The van der Waals surface area contributed by atoms with E-state index in [0.29, 0.717) is 11.5 Å². The summed E-state index contributed by atoms with van der Waals surface area (Å²) >= 11 is 0. The second-order valence-electron chi connectivity index (χ2n) is 4.13. The van der Waals surface area contributed by atoms with Crippen molar-refractivity contribution >= 4 is 11.7 Å². The molecule has 0 saturated heterocycles. The van der Waals surface area contributed by atoms with Gasteiger partial charge in [-0.1, -0.05) is 19.9 Å². The molecule has 3 heteroatoms. The molecule has 0 aliphatic heterocycles. The Bertz CT molecular complexity index is 370. The molecule has 3 nitrogen and oxygen atoms in total. The standard InChI is InChI=1S/C12H17NO2/c1-8(2)9-5-6-11(13(3)4)10(7-9)12(14)15/h5-8H,1-4H3,(H,14,15). The highest BCUT2D eigenvalue weighted by atomic mass is 16.4. The topological polar surface area (TPSA) is 40.5 Å². The van der Waals surface area contributed by atoms with Gasteiger partial charge in [-0.25, -0.2) is 4.79 Å². The van der Waals surface area contributed by atoms with Crippen LogP contribution in [0.1, 0.15) is 35.7 Å². The zero-order chi connectivity index (χ0) is 11.6. The highest BCUT2D eigenvalue weighted by Gasteiger charge is 2.13. The Balaban J connectivity index is 3.27. The number of carboxylic acid groups (broad SMARTS) is 1. The lowest BCUT2D eigenvalue weighted by atomic mass is 9.99. The van der Waals surface area contributed by atoms with E-state index in [2.05, 4.69) is 13.8 Å². The van der Waals surface area contributed by atoms with Gasteiger partial charge in [0.25, 0.3) is 0 Å². The van der Waals surface area contributed by atoms with Crippen LogP contribution in [0, 0.1) is 0 Å². The van der Waals surface area contributed by atoms with Gasteiger partial charge in [0.05, 0.1) is 11.3 Å². The Morgan fingerprint density at radius 3 is 2.33 bits per heavy atom. The molecule has 0 atom stereocenters. The molecule has 1 aromatic carbocycles. The van der Waals surface area contributed by atoms with E-state index < -0.39 is 5.97 Å². The van der Waals surface area contributed by atoms with Crippen molar-refractivity contribution in [1.82, 2.24) is 0 Å². The first-order valence-corrected chi connectivity index (χ1v) is 4.98. The Morgan fingerprint density at radius 2 is 1.93 bits per heavy atom. The number of nitrogens with zero attached hydrogens (tertiary/aromatic N) is 1. The SMILES string of the molecule is CC(C)c1ccc(N(C)C)c(C(=O)O)c1. The summed E-state index contributed by atoms with van der Waals surface area (Å²) in [5.74, 6) is -0.527. The average Bonchev–Trinajstić information content (AvgIpc) is 2.16. The fourth-order valence-electron chi connectivity index (χ4n) is 1.47. The molecule has 0 aliphatic carbocycles. The summed E-state index contributed by atoms with van der Waals surface area (Å²) in [5.41, 5.74) is 2.16. The molecule has 1 N–H and O–H groups in total. The van der Waals surface area contributed by atoms with E-state index in [1.807, 2.05) is 31.1 Å². The zero-order valence-corrected chi connectivity index (χ0v) is 9.61. The van der Waals surface area contributed by atoms with Crippen LogP contribution in [-0.2, 0) is 0 Å². The first-order chi connectivity index (χ1) is 6.93. The summed E-state index contributed by atoms with van der Waals surface area (Å²) in [4.78, 5) is 12.9. The maximum absolute atomic E-state index is 11.1. The highest BCUT2D eigenvalue weighted by Crippen LogP contribution is 2.24. The van der Waals surface area contributed by atoms with Crippen LogP contribution < -0.4 is 4.90 Å². The summed E-state index contributed by atoms with van der Waals surface area (Å²) in [5, 5.41) is 9.09. The monoisotopic (exact) mass is 207 g/mol. The van der Waals surface area contributed by atoms with Crippen LogP contribution in [0.15, 0.2) is 18.2 Å². The van der Waals surface area contributed by atoms with Gasteiger partial charge in [0, 0.05) is 14.1 Å². The van der Waals surface area contributed by atoms with Gasteiger partial charge in [0.15, 0.2) is 0 Å². The van der Waals surface area contributed by atoms with E-state index in [9.17, 15) is 4.79 Å². The van der Waals surface area contributed by atoms with Crippen molar-refractivity contribution < 1.29 is 9.90 Å². The maximum atomic E-state index is 11.1. The molecule has 0 aromatic heterocycles. The van der Waals surface area contributed by atoms with Crippen molar-refractivity contribution in [2.45, 2.75) is 19.8 Å². The highest BCUT2D eigenvalue weighted by molar-refractivity contribution is 5.94. The van der Waals surface area contributed by atoms with E-state index in [1.165, 1.54) is 0 Å². The third-order valence-electron chi connectivity index (χ3n) is 2.40. The van der Waals surface area contributed by atoms with Gasteiger partial charge >= 0.3 is 5.97 Å². The summed E-state index contributed by atoms with van der Waals surface area (Å²) in [6, 6.07) is 5.59. The van der Waals surface area contributed by atoms with Crippen LogP contribution in [0.3, 0.4) is 0 Å². The minimum absolute atomic E-state index is 0.347. The molecular weight excluding hydrogens is 190 g/mol. The molecular formula is C12H17NO2. The predicted molar refractivity (Wildman–Crippen MR) is 61.8 cm³/mol. The number of rotatable bonds is 3. The van der Waals surface area contributed by atoms with E-state index in [0.717, 1.165) is 11.3 Å². The van der Waals surface area contributed by atoms with Gasteiger partial charge in [-0.15, -0.1) is 0 Å². The van der Waals surface area contributed by atoms with Crippen molar-refractivity contribution in [3.05, 3.63) is 29.3 Å². The van der Waals surface area contributed by atoms with E-state index in [4.69, 9.17) is 5.11 Å². The molecule has 0 bridgehead atoms. The Hall–Kier alpha value is -1.51. The first-order valence-electron chi connectivity index (χ1n) is 4.98. The van der Waals surface area contributed by atoms with Gasteiger partial charge < -0.3 is 10.0 Å². The van der Waals surface area contributed by atoms with E-state index in [-0.39, 0.29) is 0 Å². The molecule has 0 radical (unpaired) electrons. The van der Waals surface area contributed by atoms with Crippen molar-refractivity contribution in [3.63, 3.8) is 0 Å². The lowest BCUT2D eigenvalue weighted by Crippen LogP contribution is -2.14. The minimum Gasteiger partial charge on any atom is -0.478 e. The molecule has 0 amide bonds. The third kappa shape index (κ3) is 2.49. The summed E-state index contributed by atoms with van der Waals surface area (Å²) < 4.78 is 0. The summed E-state index contributed by atoms with van der Waals surface area (Å²) in [6.07, 6.45) is 0. The molecule has 1 rings (SSSR count). The number of carboxylic acids is 1. The smallest absolute Gasteiger partial charge is 0.337 e. The number of carbonyl (C=O) groups is 1. The van der Waals surface area contributed by atoms with Crippen molar-refractivity contribution in [2.75, 3.05) is 19.0 Å². The fraction of sp³-hybridized carbons (Fsp3) is 0.417. The molecule has 0 aliphatic rings. The second kappa shape index (κ2) is 4.34. The van der Waals surface area contributed by atoms with Crippen LogP contribution in [0.4, 0.5) is 5.69 Å². The van der Waals surface area contributed by atoms with Crippen molar-refractivity contribution in [1.29, 1.82) is 0 Å². The molecule has 15 heavy (non-hydrogen) atoms. The first kappa shape index (κ1) is 11.6. The zero-order valence-electron chi connectivity index (χ0n) is 9.61. The Morgan fingerprint density at radius 1 is 1.33 bits per heavy atom. The number of hydrogen-bond donors (Lipinski definition) is 1. The molecule has 0 unspecified atom stereocenters. The second-order valence-corrected chi connectivity index (χ2v) is 4.13. The van der Waals surface area contributed by atoms with E-state index >= 15 is 0 Å². The number of hydrogen-bond acceptors (Lipinski definition) is 2. The number of benzene rings is 1. The van der Waals surface area contributed by atoms with Crippen molar-refractivity contribution in [2.24, 2.45) is 0 Å². The van der Waals surface area contributed by atoms with Gasteiger partial charge in [-0.3, -0.25) is 0 Å². The van der Waals surface area contributed by atoms with E-state index in [1.54, 1.807) is 6.07 Å². The molecule has 0 spiro atoms. The average molecular weight is 207 g/mol. The quantitative estimate of drug-likeness (QED) is 0.828. The molecule has 0 fully saturated rings. The summed E-state index contributed by atoms with van der Waals surface area (Å²) in [7, 11) is 3.69. The normalized spacial score (nSPS) is 10.5. The van der Waals surface area contributed by atoms with Crippen LogP contribution in [0.5, 0.6) is 0 Å². The molecule has 1 aromatic rings. The van der Waals surface area contributed by atoms with Gasteiger partial charge in [0.2, 0.25) is 0 Å².